The van der Waals surface area contributed by atoms with Crippen LogP contribution in [0.3, 0.4) is 0 Å². The number of benzene rings is 4. The van der Waals surface area contributed by atoms with Crippen molar-refractivity contribution in [2.45, 2.75) is 38.6 Å². The third-order valence-electron chi connectivity index (χ3n) is 8.72. The highest BCUT2D eigenvalue weighted by atomic mass is 16.7. The van der Waals surface area contributed by atoms with E-state index in [1.165, 1.54) is 4.90 Å². The lowest BCUT2D eigenvalue weighted by Gasteiger charge is -2.42. The number of ether oxygens (including phenoxy) is 2. The van der Waals surface area contributed by atoms with Crippen LogP contribution in [-0.2, 0) is 22.6 Å². The van der Waals surface area contributed by atoms with Crippen LogP contribution in [0.1, 0.15) is 62.3 Å². The molecule has 7 heteroatoms. The first-order valence-electron chi connectivity index (χ1n) is 15.3. The minimum atomic E-state index is -0.556. The van der Waals surface area contributed by atoms with Gasteiger partial charge in [0.25, 0.3) is 11.8 Å². The van der Waals surface area contributed by atoms with Crippen LogP contribution < -0.4 is 0 Å². The Hall–Kier alpha value is -4.40. The number of carbonyl (C=O) groups excluding carboxylic acids is 2. The zero-order valence-electron chi connectivity index (χ0n) is 25.6. The molecule has 0 saturated carbocycles. The zero-order chi connectivity index (χ0) is 31.5. The predicted molar refractivity (Wildman–Crippen MR) is 173 cm³/mol. The number of hydrogen-bond donors (Lipinski definition) is 1. The number of amides is 2. The van der Waals surface area contributed by atoms with E-state index in [1.54, 1.807) is 24.3 Å². The Morgan fingerprint density at radius 3 is 2.13 bits per heavy atom. The van der Waals surface area contributed by atoms with Gasteiger partial charge in [0.2, 0.25) is 0 Å². The second-order valence-electron chi connectivity index (χ2n) is 11.9. The van der Waals surface area contributed by atoms with Crippen molar-refractivity contribution in [3.05, 3.63) is 143 Å². The molecular weight excluding hydrogens is 564 g/mol. The van der Waals surface area contributed by atoms with E-state index in [-0.39, 0.29) is 43.1 Å². The van der Waals surface area contributed by atoms with Crippen molar-refractivity contribution in [2.75, 3.05) is 20.1 Å². The number of aliphatic hydroxyl groups excluding tert-OH is 1. The summed E-state index contributed by atoms with van der Waals surface area (Å²) in [6, 6.07) is 31.0. The molecule has 0 bridgehead atoms. The molecule has 0 spiro atoms. The summed E-state index contributed by atoms with van der Waals surface area (Å²) in [6.07, 6.45) is 1.08. The van der Waals surface area contributed by atoms with Gasteiger partial charge in [-0.3, -0.25) is 14.5 Å². The van der Waals surface area contributed by atoms with E-state index in [0.717, 1.165) is 46.5 Å². The van der Waals surface area contributed by atoms with Crippen molar-refractivity contribution in [2.24, 2.45) is 5.92 Å². The molecule has 4 aromatic carbocycles. The molecule has 0 radical (unpaired) electrons. The Labute approximate surface area is 264 Å². The van der Waals surface area contributed by atoms with Gasteiger partial charge in [0.15, 0.2) is 6.29 Å². The van der Waals surface area contributed by atoms with E-state index >= 15 is 0 Å². The van der Waals surface area contributed by atoms with E-state index in [9.17, 15) is 14.7 Å². The Balaban J connectivity index is 1.21. The maximum absolute atomic E-state index is 12.9. The molecule has 1 N–H and O–H groups in total. The van der Waals surface area contributed by atoms with Crippen molar-refractivity contribution in [1.29, 1.82) is 0 Å². The zero-order valence-corrected chi connectivity index (χ0v) is 25.6. The fourth-order valence-electron chi connectivity index (χ4n) is 6.18. The predicted octanol–water partition coefficient (Wildman–Crippen LogP) is 6.55. The number of fused-ring (bicyclic) bond motifs is 1. The largest absolute Gasteiger partial charge is 0.392 e. The number of aliphatic hydroxyl groups is 1. The molecule has 4 unspecified atom stereocenters. The van der Waals surface area contributed by atoms with Crippen LogP contribution in [0.4, 0.5) is 0 Å². The molecule has 2 amide bonds. The van der Waals surface area contributed by atoms with Crippen LogP contribution in [0.25, 0.3) is 11.1 Å². The van der Waals surface area contributed by atoms with Crippen molar-refractivity contribution in [3.8, 4) is 11.1 Å². The van der Waals surface area contributed by atoms with Gasteiger partial charge in [-0.25, -0.2) is 0 Å². The van der Waals surface area contributed by atoms with Crippen molar-refractivity contribution in [3.63, 3.8) is 0 Å². The Morgan fingerprint density at radius 1 is 0.822 bits per heavy atom. The van der Waals surface area contributed by atoms with Crippen molar-refractivity contribution in [1.82, 2.24) is 9.80 Å². The number of hydrogen-bond acceptors (Lipinski definition) is 6. The SMILES string of the molecule is C=CCN(C)CC1OC(c2ccc(-c3cccc(CN4C(=O)c5ccccc5C4=O)c3)cc2)OC(c2ccc(CO)cc2)C1C. The average molecular weight is 603 g/mol. The molecule has 4 aromatic rings. The van der Waals surface area contributed by atoms with Gasteiger partial charge in [0.05, 0.1) is 36.5 Å². The molecule has 2 aliphatic heterocycles. The monoisotopic (exact) mass is 602 g/mol. The van der Waals surface area contributed by atoms with E-state index in [2.05, 4.69) is 25.5 Å². The number of imide groups is 1. The van der Waals surface area contributed by atoms with Crippen LogP contribution in [0.5, 0.6) is 0 Å². The van der Waals surface area contributed by atoms with Gasteiger partial charge in [-0.15, -0.1) is 6.58 Å². The van der Waals surface area contributed by atoms with E-state index in [0.29, 0.717) is 11.1 Å². The van der Waals surface area contributed by atoms with Gasteiger partial charge in [0.1, 0.15) is 0 Å². The smallest absolute Gasteiger partial charge is 0.261 e. The van der Waals surface area contributed by atoms with Gasteiger partial charge >= 0.3 is 0 Å². The lowest BCUT2D eigenvalue weighted by molar-refractivity contribution is -0.275. The highest BCUT2D eigenvalue weighted by Crippen LogP contribution is 2.42. The summed E-state index contributed by atoms with van der Waals surface area (Å²) < 4.78 is 13.2. The first kappa shape index (κ1) is 30.6. The van der Waals surface area contributed by atoms with E-state index in [4.69, 9.17) is 9.47 Å². The summed E-state index contributed by atoms with van der Waals surface area (Å²) >= 11 is 0. The highest BCUT2D eigenvalue weighted by Gasteiger charge is 2.39. The van der Waals surface area contributed by atoms with E-state index < -0.39 is 6.29 Å². The maximum atomic E-state index is 12.9. The van der Waals surface area contributed by atoms with Crippen LogP contribution >= 0.6 is 0 Å². The molecule has 230 valence electrons. The number of nitrogens with zero attached hydrogens (tertiary/aromatic N) is 2. The quantitative estimate of drug-likeness (QED) is 0.164. The molecule has 2 heterocycles. The second-order valence-corrected chi connectivity index (χ2v) is 11.9. The van der Waals surface area contributed by atoms with Crippen LogP contribution in [0.15, 0.2) is 110 Å². The average Bonchev–Trinajstić information content (AvgIpc) is 3.31. The molecule has 45 heavy (non-hydrogen) atoms. The van der Waals surface area contributed by atoms with Gasteiger partial charge in [-0.2, -0.15) is 0 Å². The Bertz CT molecular complexity index is 1650. The Morgan fingerprint density at radius 2 is 1.49 bits per heavy atom. The Kier molecular flexibility index (Phi) is 9.05. The lowest BCUT2D eigenvalue weighted by Crippen LogP contribution is -2.43. The van der Waals surface area contributed by atoms with Gasteiger partial charge in [-0.05, 0) is 53.1 Å². The summed E-state index contributed by atoms with van der Waals surface area (Å²) in [6.45, 7) is 7.73. The summed E-state index contributed by atoms with van der Waals surface area (Å²) in [5, 5.41) is 9.52. The first-order chi connectivity index (χ1) is 21.9. The number of carbonyl (C=O) groups is 2. The maximum Gasteiger partial charge on any atom is 0.261 e. The minimum Gasteiger partial charge on any atom is -0.392 e. The highest BCUT2D eigenvalue weighted by molar-refractivity contribution is 6.21. The molecule has 1 saturated heterocycles. The van der Waals surface area contributed by atoms with Crippen LogP contribution in [0, 0.1) is 5.92 Å². The summed E-state index contributed by atoms with van der Waals surface area (Å²) in [5.41, 5.74) is 6.61. The van der Waals surface area contributed by atoms with Gasteiger partial charge < -0.3 is 19.5 Å². The normalized spacial score (nSPS) is 21.3. The molecular formula is C38H38N2O5. The van der Waals surface area contributed by atoms with Crippen LogP contribution in [0.2, 0.25) is 0 Å². The van der Waals surface area contributed by atoms with Crippen molar-refractivity contribution >= 4 is 11.8 Å². The second kappa shape index (κ2) is 13.3. The standard InChI is InChI=1S/C38H38N2O5/c1-4-20-39(3)23-34-25(2)35(29-14-12-26(24-41)13-15-29)45-38(44-34)30-18-16-28(17-19-30)31-9-7-8-27(21-31)22-40-36(42)32-10-5-6-11-33(32)37(40)43/h4-19,21,25,34-35,38,41H,1,20,22-24H2,2-3H3. The van der Waals surface area contributed by atoms with Gasteiger partial charge in [0, 0.05) is 24.6 Å². The number of rotatable bonds is 10. The van der Waals surface area contributed by atoms with Gasteiger partial charge in [-0.1, -0.05) is 91.9 Å². The third-order valence-corrected chi connectivity index (χ3v) is 8.72. The molecule has 4 atom stereocenters. The molecule has 0 aromatic heterocycles. The molecule has 6 rings (SSSR count). The summed E-state index contributed by atoms with van der Waals surface area (Å²) in [5.74, 6) is -0.426. The van der Waals surface area contributed by atoms with Crippen LogP contribution in [-0.4, -0.2) is 53.0 Å². The molecule has 1 fully saturated rings. The van der Waals surface area contributed by atoms with Crippen molar-refractivity contribution < 1.29 is 24.2 Å². The number of likely N-dealkylation sites (N-methyl/N-ethyl adjacent to an activating group) is 1. The molecule has 0 aliphatic carbocycles. The van der Waals surface area contributed by atoms with E-state index in [1.807, 2.05) is 78.9 Å². The molecule has 2 aliphatic rings. The fourth-order valence-corrected chi connectivity index (χ4v) is 6.18. The fraction of sp³-hybridized carbons (Fsp3) is 0.263. The minimum absolute atomic E-state index is 0.0000899. The first-order valence-corrected chi connectivity index (χ1v) is 15.3. The summed E-state index contributed by atoms with van der Waals surface area (Å²) in [4.78, 5) is 29.3. The third kappa shape index (κ3) is 6.39. The summed E-state index contributed by atoms with van der Waals surface area (Å²) in [7, 11) is 2.06. The lowest BCUT2D eigenvalue weighted by atomic mass is 9.90. The topological polar surface area (TPSA) is 79.3 Å². The molecule has 7 nitrogen and oxygen atoms in total.